The van der Waals surface area contributed by atoms with E-state index in [0.29, 0.717) is 44.7 Å². The Hall–Kier alpha value is -2.90. The molecule has 29 heavy (non-hydrogen) atoms. The summed E-state index contributed by atoms with van der Waals surface area (Å²) in [6, 6.07) is 10.3. The quantitative estimate of drug-likeness (QED) is 0.276. The molecule has 3 heterocycles. The van der Waals surface area contributed by atoms with Crippen LogP contribution in [0.3, 0.4) is 0 Å². The molecule has 8 heteroatoms. The summed E-state index contributed by atoms with van der Waals surface area (Å²) in [5.41, 5.74) is 2.40. The molecule has 1 aromatic carbocycles. The third-order valence-corrected chi connectivity index (χ3v) is 5.73. The van der Waals surface area contributed by atoms with Gasteiger partial charge in [-0.2, -0.15) is 0 Å². The molecule has 0 saturated heterocycles. The second-order valence-corrected chi connectivity index (χ2v) is 7.90. The van der Waals surface area contributed by atoms with Crippen LogP contribution < -0.4 is 11.1 Å². The number of hydrogen-bond acceptors (Lipinski definition) is 5. The van der Waals surface area contributed by atoms with Gasteiger partial charge in [-0.1, -0.05) is 35.5 Å². The molecule has 4 aromatic rings. The Balaban J connectivity index is 1.76. The number of halogens is 1. The zero-order valence-electron chi connectivity index (χ0n) is 15.6. The molecule has 6 nitrogen and oxygen atoms in total. The van der Waals surface area contributed by atoms with E-state index in [0.717, 1.165) is 5.56 Å². The minimum Gasteiger partial charge on any atom is -0.283 e. The van der Waals surface area contributed by atoms with Crippen molar-refractivity contribution in [2.45, 2.75) is 24.4 Å². The molecule has 4 rings (SSSR count). The first-order valence-electron chi connectivity index (χ1n) is 8.89. The molecule has 3 aromatic heterocycles. The van der Waals surface area contributed by atoms with E-state index >= 15 is 0 Å². The van der Waals surface area contributed by atoms with Gasteiger partial charge in [0.1, 0.15) is 5.65 Å². The molecule has 0 bridgehead atoms. The van der Waals surface area contributed by atoms with Gasteiger partial charge in [0.05, 0.1) is 16.6 Å². The molecular formula is C21H17ClN4O2S. The Morgan fingerprint density at radius 3 is 2.83 bits per heavy atom. The van der Waals surface area contributed by atoms with Crippen molar-refractivity contribution >= 4 is 39.9 Å². The number of nitrogens with zero attached hydrogens (tertiary/aromatic N) is 4. The van der Waals surface area contributed by atoms with Crippen molar-refractivity contribution in [1.82, 2.24) is 18.9 Å². The van der Waals surface area contributed by atoms with Gasteiger partial charge in [0, 0.05) is 29.6 Å². The molecule has 0 aliphatic heterocycles. The van der Waals surface area contributed by atoms with Gasteiger partial charge in [0.25, 0.3) is 11.1 Å². The van der Waals surface area contributed by atoms with Gasteiger partial charge in [0.2, 0.25) is 0 Å². The van der Waals surface area contributed by atoms with E-state index in [1.54, 1.807) is 35.0 Å². The van der Waals surface area contributed by atoms with Crippen LogP contribution in [-0.4, -0.2) is 18.9 Å². The second kappa shape index (κ2) is 7.85. The number of rotatable bonds is 5. The van der Waals surface area contributed by atoms with Crippen molar-refractivity contribution < 1.29 is 0 Å². The highest BCUT2D eigenvalue weighted by molar-refractivity contribution is 7.98. The number of aryl methyl sites for hydroxylation is 1. The fourth-order valence-corrected chi connectivity index (χ4v) is 4.16. The van der Waals surface area contributed by atoms with Crippen LogP contribution in [0, 0.1) is 6.92 Å². The van der Waals surface area contributed by atoms with Gasteiger partial charge >= 0.3 is 0 Å². The topological polar surface area (TPSA) is 69.3 Å². The maximum Gasteiger partial charge on any atom is 0.262 e. The van der Waals surface area contributed by atoms with Crippen molar-refractivity contribution in [3.63, 3.8) is 0 Å². The van der Waals surface area contributed by atoms with E-state index in [-0.39, 0.29) is 11.1 Å². The molecule has 146 valence electrons. The van der Waals surface area contributed by atoms with E-state index < -0.39 is 0 Å². The van der Waals surface area contributed by atoms with Crippen LogP contribution in [0.25, 0.3) is 16.6 Å². The van der Waals surface area contributed by atoms with Crippen LogP contribution in [0.5, 0.6) is 0 Å². The Kier molecular flexibility index (Phi) is 5.25. The molecule has 0 fully saturated rings. The van der Waals surface area contributed by atoms with Crippen LogP contribution in [0.15, 0.2) is 70.0 Å². The fourth-order valence-electron chi connectivity index (χ4n) is 3.10. The van der Waals surface area contributed by atoms with Gasteiger partial charge < -0.3 is 0 Å². The van der Waals surface area contributed by atoms with Crippen LogP contribution in [0.1, 0.15) is 11.3 Å². The summed E-state index contributed by atoms with van der Waals surface area (Å²) in [7, 11) is 0. The lowest BCUT2D eigenvalue weighted by Gasteiger charge is -2.12. The molecule has 0 N–H and O–H groups in total. The summed E-state index contributed by atoms with van der Waals surface area (Å²) in [6.07, 6.45) is 3.35. The van der Waals surface area contributed by atoms with Crippen molar-refractivity contribution in [3.8, 4) is 0 Å². The molecule has 0 amide bonds. The standard InChI is InChI=1S/C21H17ClN4O2S/c1-3-8-26-20(28)16-7-6-14(22)10-17(16)24-21(26)29-12-15-11-18(27)25-9-4-5-13(2)19(25)23-15/h3-7,9-11H,1,8,12H2,2H3. The number of benzene rings is 1. The smallest absolute Gasteiger partial charge is 0.262 e. The predicted octanol–water partition coefficient (Wildman–Crippen LogP) is 3.84. The third kappa shape index (κ3) is 3.71. The Morgan fingerprint density at radius 1 is 1.21 bits per heavy atom. The second-order valence-electron chi connectivity index (χ2n) is 6.52. The first-order valence-corrected chi connectivity index (χ1v) is 10.3. The normalized spacial score (nSPS) is 11.2. The lowest BCUT2D eigenvalue weighted by molar-refractivity contribution is 0.671. The van der Waals surface area contributed by atoms with Gasteiger partial charge in [-0.25, -0.2) is 9.97 Å². The zero-order valence-corrected chi connectivity index (χ0v) is 17.2. The maximum atomic E-state index is 12.9. The lowest BCUT2D eigenvalue weighted by Crippen LogP contribution is -2.23. The Bertz CT molecular complexity index is 1380. The molecular weight excluding hydrogens is 408 g/mol. The first kappa shape index (κ1) is 19.4. The summed E-state index contributed by atoms with van der Waals surface area (Å²) in [5.74, 6) is 0.399. The number of allylic oxidation sites excluding steroid dienone is 1. The van der Waals surface area contributed by atoms with Gasteiger partial charge in [-0.15, -0.1) is 6.58 Å². The van der Waals surface area contributed by atoms with E-state index in [1.165, 1.54) is 22.2 Å². The van der Waals surface area contributed by atoms with Crippen molar-refractivity contribution in [2.24, 2.45) is 0 Å². The van der Waals surface area contributed by atoms with Crippen molar-refractivity contribution in [2.75, 3.05) is 0 Å². The minimum atomic E-state index is -0.156. The third-order valence-electron chi connectivity index (χ3n) is 4.48. The molecule has 0 spiro atoms. The predicted molar refractivity (Wildman–Crippen MR) is 117 cm³/mol. The van der Waals surface area contributed by atoms with Crippen LogP contribution >= 0.6 is 23.4 Å². The van der Waals surface area contributed by atoms with E-state index in [9.17, 15) is 9.59 Å². The minimum absolute atomic E-state index is 0.143. The fraction of sp³-hybridized carbons (Fsp3) is 0.143. The van der Waals surface area contributed by atoms with Crippen molar-refractivity contribution in [1.29, 1.82) is 0 Å². The summed E-state index contributed by atoms with van der Waals surface area (Å²) in [6.45, 7) is 5.98. The van der Waals surface area contributed by atoms with Crippen LogP contribution in [0.4, 0.5) is 0 Å². The molecule has 0 atom stereocenters. The van der Waals surface area contributed by atoms with E-state index in [2.05, 4.69) is 16.5 Å². The molecule has 0 unspecified atom stereocenters. The molecule has 0 aliphatic rings. The van der Waals surface area contributed by atoms with Crippen LogP contribution in [-0.2, 0) is 12.3 Å². The summed E-state index contributed by atoms with van der Waals surface area (Å²) in [5, 5.41) is 1.54. The van der Waals surface area contributed by atoms with Gasteiger partial charge in [0.15, 0.2) is 5.16 Å². The number of hydrogen-bond donors (Lipinski definition) is 0. The van der Waals surface area contributed by atoms with Gasteiger partial charge in [-0.05, 0) is 36.8 Å². The SMILES string of the molecule is C=CCn1c(SCc2cc(=O)n3cccc(C)c3n2)nc2cc(Cl)ccc2c1=O. The highest BCUT2D eigenvalue weighted by atomic mass is 35.5. The Morgan fingerprint density at radius 2 is 2.03 bits per heavy atom. The number of pyridine rings is 1. The maximum absolute atomic E-state index is 12.9. The summed E-state index contributed by atoms with van der Waals surface area (Å²) < 4.78 is 3.08. The summed E-state index contributed by atoms with van der Waals surface area (Å²) in [4.78, 5) is 34.5. The zero-order chi connectivity index (χ0) is 20.5. The Labute approximate surface area is 175 Å². The molecule has 0 radical (unpaired) electrons. The lowest BCUT2D eigenvalue weighted by atomic mass is 10.2. The largest absolute Gasteiger partial charge is 0.283 e. The monoisotopic (exact) mass is 424 g/mol. The van der Waals surface area contributed by atoms with Crippen molar-refractivity contribution in [3.05, 3.63) is 92.2 Å². The summed E-state index contributed by atoms with van der Waals surface area (Å²) >= 11 is 7.41. The molecule has 0 aliphatic carbocycles. The first-order chi connectivity index (χ1) is 14.0. The molecule has 0 saturated carbocycles. The highest BCUT2D eigenvalue weighted by Crippen LogP contribution is 2.23. The van der Waals surface area contributed by atoms with E-state index in [1.807, 2.05) is 19.1 Å². The van der Waals surface area contributed by atoms with Crippen LogP contribution in [0.2, 0.25) is 5.02 Å². The average molecular weight is 425 g/mol. The number of aromatic nitrogens is 4. The van der Waals surface area contributed by atoms with E-state index in [4.69, 9.17) is 11.6 Å². The average Bonchev–Trinajstić information content (AvgIpc) is 2.69. The number of thioether (sulfide) groups is 1. The number of fused-ring (bicyclic) bond motifs is 2. The highest BCUT2D eigenvalue weighted by Gasteiger charge is 2.13. The van der Waals surface area contributed by atoms with Gasteiger partial charge in [-0.3, -0.25) is 18.6 Å².